The van der Waals surface area contributed by atoms with Gasteiger partial charge in [0.2, 0.25) is 0 Å². The first kappa shape index (κ1) is 14.2. The quantitative estimate of drug-likeness (QED) is 0.606. The fourth-order valence-corrected chi connectivity index (χ4v) is 2.45. The number of ketones is 1. The van der Waals surface area contributed by atoms with Crippen molar-refractivity contribution in [2.24, 2.45) is 5.73 Å². The van der Waals surface area contributed by atoms with Crippen LogP contribution < -0.4 is 5.73 Å². The molecule has 19 heavy (non-hydrogen) atoms. The van der Waals surface area contributed by atoms with E-state index in [9.17, 15) is 4.79 Å². The first-order valence-corrected chi connectivity index (χ1v) is 7.11. The van der Waals surface area contributed by atoms with Crippen molar-refractivity contribution in [2.75, 3.05) is 13.7 Å². The van der Waals surface area contributed by atoms with Gasteiger partial charge in [-0.3, -0.25) is 4.79 Å². The molecule has 1 aliphatic rings. The van der Waals surface area contributed by atoms with Crippen molar-refractivity contribution in [2.45, 2.75) is 44.1 Å². The van der Waals surface area contributed by atoms with E-state index in [1.165, 1.54) is 24.8 Å². The van der Waals surface area contributed by atoms with Crippen molar-refractivity contribution in [3.63, 3.8) is 0 Å². The fraction of sp³-hybridized carbons (Fsp3) is 0.562. The number of Topliss-reactive ketones (excluding diaryl/α,β-unsaturated/α-hetero) is 1. The minimum atomic E-state index is -0.412. The van der Waals surface area contributed by atoms with E-state index in [1.807, 2.05) is 12.1 Å². The summed E-state index contributed by atoms with van der Waals surface area (Å²) >= 11 is 0. The van der Waals surface area contributed by atoms with E-state index in [0.29, 0.717) is 18.9 Å². The van der Waals surface area contributed by atoms with Gasteiger partial charge >= 0.3 is 0 Å². The molecule has 2 rings (SSSR count). The molecule has 1 aliphatic carbocycles. The zero-order chi connectivity index (χ0) is 13.7. The number of ether oxygens (including phenoxy) is 1. The molecule has 1 atom stereocenters. The average molecular weight is 261 g/mol. The van der Waals surface area contributed by atoms with Gasteiger partial charge in [-0.15, -0.1) is 0 Å². The van der Waals surface area contributed by atoms with Crippen LogP contribution in [-0.2, 0) is 4.74 Å². The molecule has 0 aromatic heterocycles. The summed E-state index contributed by atoms with van der Waals surface area (Å²) in [5.74, 6) is 0.746. The molecule has 1 fully saturated rings. The summed E-state index contributed by atoms with van der Waals surface area (Å²) < 4.78 is 4.97. The monoisotopic (exact) mass is 261 g/mol. The number of hydrogen-bond acceptors (Lipinski definition) is 3. The van der Waals surface area contributed by atoms with E-state index in [1.54, 1.807) is 7.11 Å². The second-order valence-corrected chi connectivity index (χ2v) is 5.36. The van der Waals surface area contributed by atoms with Crippen LogP contribution in [0, 0.1) is 0 Å². The maximum Gasteiger partial charge on any atom is 0.179 e. The highest BCUT2D eigenvalue weighted by Crippen LogP contribution is 2.36. The van der Waals surface area contributed by atoms with Gasteiger partial charge in [-0.1, -0.05) is 30.7 Å². The Bertz CT molecular complexity index is 409. The van der Waals surface area contributed by atoms with E-state index >= 15 is 0 Å². The molecule has 1 aromatic carbocycles. The summed E-state index contributed by atoms with van der Waals surface area (Å²) in [5, 5.41) is 0. The normalized spacial score (nSPS) is 16.9. The van der Waals surface area contributed by atoms with Gasteiger partial charge in [-0.25, -0.2) is 0 Å². The Morgan fingerprint density at radius 1 is 1.37 bits per heavy atom. The van der Waals surface area contributed by atoms with Crippen LogP contribution in [0.15, 0.2) is 24.3 Å². The van der Waals surface area contributed by atoms with Crippen LogP contribution in [0.2, 0.25) is 0 Å². The van der Waals surface area contributed by atoms with E-state index in [2.05, 4.69) is 12.1 Å². The molecule has 104 valence electrons. The van der Waals surface area contributed by atoms with Gasteiger partial charge in [0, 0.05) is 19.3 Å². The summed E-state index contributed by atoms with van der Waals surface area (Å²) in [4.78, 5) is 12.1. The van der Waals surface area contributed by atoms with Crippen LogP contribution in [0.5, 0.6) is 0 Å². The fourth-order valence-electron chi connectivity index (χ4n) is 2.45. The zero-order valence-corrected chi connectivity index (χ0v) is 11.6. The molecule has 0 radical (unpaired) electrons. The summed E-state index contributed by atoms with van der Waals surface area (Å²) in [6, 6.07) is 7.60. The van der Waals surface area contributed by atoms with Crippen LogP contribution in [0.1, 0.15) is 53.9 Å². The van der Waals surface area contributed by atoms with Crippen molar-refractivity contribution < 1.29 is 9.53 Å². The lowest BCUT2D eigenvalue weighted by Crippen LogP contribution is -2.30. The van der Waals surface area contributed by atoms with Crippen LogP contribution in [0.4, 0.5) is 0 Å². The Labute approximate surface area is 115 Å². The lowest BCUT2D eigenvalue weighted by molar-refractivity contribution is 0.0950. The maximum atomic E-state index is 12.1. The van der Waals surface area contributed by atoms with Gasteiger partial charge in [-0.05, 0) is 37.2 Å². The molecule has 1 unspecified atom stereocenters. The zero-order valence-electron chi connectivity index (χ0n) is 11.6. The van der Waals surface area contributed by atoms with Gasteiger partial charge in [0.1, 0.15) is 0 Å². The number of benzene rings is 1. The number of nitrogens with two attached hydrogens (primary N) is 1. The molecule has 0 spiro atoms. The number of methoxy groups -OCH3 is 1. The van der Waals surface area contributed by atoms with Gasteiger partial charge in [0.15, 0.2) is 5.78 Å². The van der Waals surface area contributed by atoms with Crippen LogP contribution in [0.3, 0.4) is 0 Å². The highest BCUT2D eigenvalue weighted by atomic mass is 16.5. The highest BCUT2D eigenvalue weighted by Gasteiger charge is 2.20. The lowest BCUT2D eigenvalue weighted by Gasteiger charge is -2.25. The second kappa shape index (κ2) is 6.83. The number of hydrogen-bond donors (Lipinski definition) is 1. The van der Waals surface area contributed by atoms with E-state index in [0.717, 1.165) is 12.0 Å². The van der Waals surface area contributed by atoms with Crippen molar-refractivity contribution in [3.8, 4) is 0 Å². The molecule has 3 nitrogen and oxygen atoms in total. The minimum absolute atomic E-state index is 0.0382. The number of carbonyl (C=O) groups excluding carboxylic acids is 1. The highest BCUT2D eigenvalue weighted by molar-refractivity contribution is 5.99. The molecule has 1 aromatic rings. The summed E-state index contributed by atoms with van der Waals surface area (Å²) in [6.45, 7) is 0.654. The molecule has 1 saturated carbocycles. The molecular weight excluding hydrogens is 238 g/mol. The van der Waals surface area contributed by atoms with Gasteiger partial charge < -0.3 is 10.5 Å². The third-order valence-electron chi connectivity index (χ3n) is 3.97. The van der Waals surface area contributed by atoms with Crippen LogP contribution in [0.25, 0.3) is 0 Å². The van der Waals surface area contributed by atoms with E-state index in [-0.39, 0.29) is 5.78 Å². The Balaban J connectivity index is 1.90. The van der Waals surface area contributed by atoms with E-state index < -0.39 is 6.04 Å². The lowest BCUT2D eigenvalue weighted by atomic mass is 9.80. The smallest absolute Gasteiger partial charge is 0.179 e. The predicted molar refractivity (Wildman–Crippen MR) is 76.4 cm³/mol. The van der Waals surface area contributed by atoms with Crippen molar-refractivity contribution in [1.82, 2.24) is 0 Å². The Morgan fingerprint density at radius 2 is 2.05 bits per heavy atom. The molecule has 3 heteroatoms. The number of carbonyl (C=O) groups is 1. The molecule has 2 N–H and O–H groups in total. The average Bonchev–Trinajstić information content (AvgIpc) is 2.37. The van der Waals surface area contributed by atoms with E-state index in [4.69, 9.17) is 10.5 Å². The molecule has 0 saturated heterocycles. The summed E-state index contributed by atoms with van der Waals surface area (Å²) in [7, 11) is 1.66. The molecule has 0 bridgehead atoms. The minimum Gasteiger partial charge on any atom is -0.385 e. The third-order valence-corrected chi connectivity index (χ3v) is 3.97. The van der Waals surface area contributed by atoms with Crippen molar-refractivity contribution >= 4 is 5.78 Å². The molecule has 0 amide bonds. The standard InChI is InChI=1S/C16H23NO2/c1-19-11-3-6-15(17)16(18)14-9-7-13(8-10-14)12-4-2-5-12/h7-10,12,15H,2-6,11,17H2,1H3. The van der Waals surface area contributed by atoms with Crippen molar-refractivity contribution in [3.05, 3.63) is 35.4 Å². The van der Waals surface area contributed by atoms with Crippen molar-refractivity contribution in [1.29, 1.82) is 0 Å². The predicted octanol–water partition coefficient (Wildman–Crippen LogP) is 2.89. The Kier molecular flexibility index (Phi) is 5.11. The first-order valence-electron chi connectivity index (χ1n) is 7.11. The summed E-state index contributed by atoms with van der Waals surface area (Å²) in [6.07, 6.45) is 5.39. The van der Waals surface area contributed by atoms with Gasteiger partial charge in [-0.2, -0.15) is 0 Å². The number of rotatable bonds is 7. The molecule has 0 aliphatic heterocycles. The molecular formula is C16H23NO2. The van der Waals surface area contributed by atoms with Gasteiger partial charge in [0.05, 0.1) is 6.04 Å². The third kappa shape index (κ3) is 3.64. The largest absolute Gasteiger partial charge is 0.385 e. The Hall–Kier alpha value is -1.19. The van der Waals surface area contributed by atoms with Crippen LogP contribution >= 0.6 is 0 Å². The van der Waals surface area contributed by atoms with Gasteiger partial charge in [0.25, 0.3) is 0 Å². The first-order chi connectivity index (χ1) is 9.22. The maximum absolute atomic E-state index is 12.1. The Morgan fingerprint density at radius 3 is 2.58 bits per heavy atom. The summed E-state index contributed by atoms with van der Waals surface area (Å²) in [5.41, 5.74) is 8.01. The topological polar surface area (TPSA) is 52.3 Å². The second-order valence-electron chi connectivity index (χ2n) is 5.36. The van der Waals surface area contributed by atoms with Crippen LogP contribution in [-0.4, -0.2) is 25.5 Å². The SMILES string of the molecule is COCCCC(N)C(=O)c1ccc(C2CCC2)cc1. The molecule has 0 heterocycles.